The summed E-state index contributed by atoms with van der Waals surface area (Å²) in [6.07, 6.45) is 1.81. The van der Waals surface area contributed by atoms with Crippen LogP contribution in [-0.4, -0.2) is 11.4 Å². The van der Waals surface area contributed by atoms with Crippen molar-refractivity contribution in [2.24, 2.45) is 0 Å². The second-order valence-corrected chi connectivity index (χ2v) is 3.52. The van der Waals surface area contributed by atoms with Gasteiger partial charge < -0.3 is 0 Å². The SMILES string of the molecule is CSC(=O)c1cccc(C)c1C. The normalized spacial score (nSPS) is 9.92. The van der Waals surface area contributed by atoms with Gasteiger partial charge >= 0.3 is 0 Å². The van der Waals surface area contributed by atoms with Gasteiger partial charge in [-0.3, -0.25) is 4.79 Å². The van der Waals surface area contributed by atoms with E-state index in [-0.39, 0.29) is 5.12 Å². The largest absolute Gasteiger partial charge is 0.282 e. The van der Waals surface area contributed by atoms with E-state index in [1.54, 1.807) is 0 Å². The van der Waals surface area contributed by atoms with Gasteiger partial charge in [-0.1, -0.05) is 30.0 Å². The van der Waals surface area contributed by atoms with Gasteiger partial charge in [0.25, 0.3) is 0 Å². The number of benzene rings is 1. The molecule has 2 heteroatoms. The molecule has 0 radical (unpaired) electrons. The van der Waals surface area contributed by atoms with Gasteiger partial charge in [0, 0.05) is 5.56 Å². The summed E-state index contributed by atoms with van der Waals surface area (Å²) in [4.78, 5) is 11.3. The third-order valence-electron chi connectivity index (χ3n) is 2.01. The molecule has 0 saturated carbocycles. The lowest BCUT2D eigenvalue weighted by atomic mass is 10.0. The molecule has 1 nitrogen and oxygen atoms in total. The summed E-state index contributed by atoms with van der Waals surface area (Å²) < 4.78 is 0. The molecule has 0 aliphatic carbocycles. The van der Waals surface area contributed by atoms with Gasteiger partial charge in [-0.05, 0) is 31.2 Å². The lowest BCUT2D eigenvalue weighted by Crippen LogP contribution is -1.97. The highest BCUT2D eigenvalue weighted by molar-refractivity contribution is 8.13. The van der Waals surface area contributed by atoms with Gasteiger partial charge in [0.1, 0.15) is 0 Å². The molecule has 0 atom stereocenters. The lowest BCUT2D eigenvalue weighted by molar-refractivity contribution is 0.108. The smallest absolute Gasteiger partial charge is 0.219 e. The molecule has 64 valence electrons. The second kappa shape index (κ2) is 3.76. The fraction of sp³-hybridized carbons (Fsp3) is 0.300. The molecule has 0 saturated heterocycles. The predicted molar refractivity (Wildman–Crippen MR) is 53.8 cm³/mol. The maximum Gasteiger partial charge on any atom is 0.219 e. The number of carbonyl (C=O) groups excluding carboxylic acids is 1. The van der Waals surface area contributed by atoms with E-state index in [0.717, 1.165) is 11.1 Å². The topological polar surface area (TPSA) is 17.1 Å². The number of hydrogen-bond acceptors (Lipinski definition) is 2. The van der Waals surface area contributed by atoms with Crippen molar-refractivity contribution in [2.45, 2.75) is 13.8 Å². The van der Waals surface area contributed by atoms with E-state index >= 15 is 0 Å². The minimum absolute atomic E-state index is 0.149. The third kappa shape index (κ3) is 1.69. The zero-order chi connectivity index (χ0) is 9.14. The standard InChI is InChI=1S/C10H12OS/c1-7-5-4-6-9(8(7)2)10(11)12-3/h4-6H,1-3H3. The summed E-state index contributed by atoms with van der Waals surface area (Å²) in [7, 11) is 0. The van der Waals surface area contributed by atoms with Crippen molar-refractivity contribution in [3.63, 3.8) is 0 Å². The van der Waals surface area contributed by atoms with Crippen LogP contribution in [-0.2, 0) is 0 Å². The van der Waals surface area contributed by atoms with E-state index in [1.807, 2.05) is 38.3 Å². The molecule has 0 fully saturated rings. The summed E-state index contributed by atoms with van der Waals surface area (Å²) in [6, 6.07) is 5.82. The van der Waals surface area contributed by atoms with Crippen LogP contribution in [0.25, 0.3) is 0 Å². The summed E-state index contributed by atoms with van der Waals surface area (Å²) in [5.41, 5.74) is 3.11. The van der Waals surface area contributed by atoms with E-state index in [4.69, 9.17) is 0 Å². The molecule has 12 heavy (non-hydrogen) atoms. The van der Waals surface area contributed by atoms with Crippen molar-refractivity contribution in [2.75, 3.05) is 6.26 Å². The van der Waals surface area contributed by atoms with E-state index in [9.17, 15) is 4.79 Å². The Bertz CT molecular complexity index is 305. The van der Waals surface area contributed by atoms with Gasteiger partial charge in [0.05, 0.1) is 0 Å². The van der Waals surface area contributed by atoms with Crippen LogP contribution in [0.5, 0.6) is 0 Å². The number of carbonyl (C=O) groups is 1. The molecular formula is C10H12OS. The van der Waals surface area contributed by atoms with Crippen molar-refractivity contribution < 1.29 is 4.79 Å². The van der Waals surface area contributed by atoms with Crippen molar-refractivity contribution in [3.8, 4) is 0 Å². The van der Waals surface area contributed by atoms with Crippen molar-refractivity contribution in [1.82, 2.24) is 0 Å². The quantitative estimate of drug-likeness (QED) is 0.661. The predicted octanol–water partition coefficient (Wildman–Crippen LogP) is 2.81. The Balaban J connectivity index is 3.16. The molecule has 0 heterocycles. The Hall–Kier alpha value is -0.760. The maximum absolute atomic E-state index is 11.3. The minimum Gasteiger partial charge on any atom is -0.282 e. The zero-order valence-corrected chi connectivity index (χ0v) is 8.37. The Labute approximate surface area is 77.2 Å². The summed E-state index contributed by atoms with van der Waals surface area (Å²) in [5.74, 6) is 0. The van der Waals surface area contributed by atoms with Crippen LogP contribution in [0.15, 0.2) is 18.2 Å². The van der Waals surface area contributed by atoms with Gasteiger partial charge in [0.15, 0.2) is 0 Å². The van der Waals surface area contributed by atoms with Crippen LogP contribution < -0.4 is 0 Å². The highest BCUT2D eigenvalue weighted by atomic mass is 32.2. The lowest BCUT2D eigenvalue weighted by Gasteiger charge is -2.04. The van der Waals surface area contributed by atoms with Crippen LogP contribution in [0.4, 0.5) is 0 Å². The maximum atomic E-state index is 11.3. The van der Waals surface area contributed by atoms with E-state index in [1.165, 1.54) is 17.3 Å². The first kappa shape index (κ1) is 9.33. The van der Waals surface area contributed by atoms with Gasteiger partial charge in [0.2, 0.25) is 5.12 Å². The van der Waals surface area contributed by atoms with Crippen molar-refractivity contribution >= 4 is 16.9 Å². The molecule has 1 rings (SSSR count). The molecule has 0 N–H and O–H groups in total. The molecule has 0 unspecified atom stereocenters. The Morgan fingerprint density at radius 1 is 1.33 bits per heavy atom. The van der Waals surface area contributed by atoms with E-state index in [0.29, 0.717) is 0 Å². The monoisotopic (exact) mass is 180 g/mol. The molecule has 0 bridgehead atoms. The molecule has 0 spiro atoms. The fourth-order valence-corrected chi connectivity index (χ4v) is 1.52. The fourth-order valence-electron chi connectivity index (χ4n) is 1.08. The highest BCUT2D eigenvalue weighted by Crippen LogP contribution is 2.17. The second-order valence-electron chi connectivity index (χ2n) is 2.74. The third-order valence-corrected chi connectivity index (χ3v) is 2.60. The Morgan fingerprint density at radius 2 is 2.00 bits per heavy atom. The number of thioether (sulfide) groups is 1. The first-order chi connectivity index (χ1) is 5.66. The van der Waals surface area contributed by atoms with Crippen LogP contribution >= 0.6 is 11.8 Å². The van der Waals surface area contributed by atoms with Crippen molar-refractivity contribution in [1.29, 1.82) is 0 Å². The van der Waals surface area contributed by atoms with Crippen LogP contribution in [0.1, 0.15) is 21.5 Å². The molecule has 1 aromatic rings. The molecular weight excluding hydrogens is 168 g/mol. The van der Waals surface area contributed by atoms with E-state index in [2.05, 4.69) is 0 Å². The van der Waals surface area contributed by atoms with Crippen LogP contribution in [0.3, 0.4) is 0 Å². The molecule has 0 aliphatic heterocycles. The average molecular weight is 180 g/mol. The summed E-state index contributed by atoms with van der Waals surface area (Å²) in [6.45, 7) is 4.01. The molecule has 0 aromatic heterocycles. The number of rotatable bonds is 1. The summed E-state index contributed by atoms with van der Waals surface area (Å²) >= 11 is 1.26. The zero-order valence-electron chi connectivity index (χ0n) is 7.55. The number of hydrogen-bond donors (Lipinski definition) is 0. The molecule has 0 aliphatic rings. The highest BCUT2D eigenvalue weighted by Gasteiger charge is 2.07. The first-order valence-electron chi connectivity index (χ1n) is 3.81. The van der Waals surface area contributed by atoms with Crippen molar-refractivity contribution in [3.05, 3.63) is 34.9 Å². The van der Waals surface area contributed by atoms with E-state index < -0.39 is 0 Å². The summed E-state index contributed by atoms with van der Waals surface area (Å²) in [5, 5.41) is 0.149. The van der Waals surface area contributed by atoms with Crippen LogP contribution in [0, 0.1) is 13.8 Å². The van der Waals surface area contributed by atoms with Gasteiger partial charge in [-0.2, -0.15) is 0 Å². The Kier molecular flexibility index (Phi) is 2.93. The minimum atomic E-state index is 0.149. The molecule has 1 aromatic carbocycles. The van der Waals surface area contributed by atoms with Gasteiger partial charge in [-0.25, -0.2) is 0 Å². The molecule has 0 amide bonds. The van der Waals surface area contributed by atoms with Crippen LogP contribution in [0.2, 0.25) is 0 Å². The number of aryl methyl sites for hydroxylation is 1. The Morgan fingerprint density at radius 3 is 2.58 bits per heavy atom. The van der Waals surface area contributed by atoms with Gasteiger partial charge in [-0.15, -0.1) is 0 Å². The average Bonchev–Trinajstić information content (AvgIpc) is 2.08. The first-order valence-corrected chi connectivity index (χ1v) is 5.04.